The van der Waals surface area contributed by atoms with E-state index in [-0.39, 0.29) is 35.7 Å². The first-order chi connectivity index (χ1) is 16.1. The van der Waals surface area contributed by atoms with Crippen molar-refractivity contribution in [2.24, 2.45) is 0 Å². The van der Waals surface area contributed by atoms with Crippen LogP contribution in [0.25, 0.3) is 0 Å². The predicted molar refractivity (Wildman–Crippen MR) is 119 cm³/mol. The van der Waals surface area contributed by atoms with Gasteiger partial charge in [0.05, 0.1) is 16.3 Å². The van der Waals surface area contributed by atoms with Gasteiger partial charge in [-0.2, -0.15) is 13.2 Å². The maximum Gasteiger partial charge on any atom is 0.416 e. The fourth-order valence-corrected chi connectivity index (χ4v) is 5.64. The molecule has 0 saturated carbocycles. The lowest BCUT2D eigenvalue weighted by Gasteiger charge is -2.32. The molecule has 1 saturated heterocycles. The van der Waals surface area contributed by atoms with Crippen molar-refractivity contribution < 1.29 is 31.5 Å². The number of hydrogen-bond acceptors (Lipinski definition) is 7. The monoisotopic (exact) mass is 522 g/mol. The molecule has 1 unspecified atom stereocenters. The molecule has 2 heterocycles. The predicted octanol–water partition coefficient (Wildman–Crippen LogP) is 3.69. The molecule has 1 fully saturated rings. The minimum Gasteiger partial charge on any atom is -0.489 e. The smallest absolute Gasteiger partial charge is 0.416 e. The van der Waals surface area contributed by atoms with Crippen LogP contribution in [0.1, 0.15) is 37.1 Å². The third-order valence-electron chi connectivity index (χ3n) is 5.51. The molecule has 1 aromatic heterocycles. The molecule has 188 valence electrons. The number of nitrogens with zero attached hydrogens (tertiary/aromatic N) is 3. The highest BCUT2D eigenvalue weighted by Gasteiger charge is 2.33. The number of nitrogens with one attached hydrogen (secondary N) is 1. The number of ether oxygens (including phenoxy) is 1. The van der Waals surface area contributed by atoms with Crippen LogP contribution >= 0.6 is 11.6 Å². The molecule has 8 nitrogen and oxygen atoms in total. The Bertz CT molecular complexity index is 1040. The molecule has 2 N–H and O–H groups in total. The third kappa shape index (κ3) is 7.51. The summed E-state index contributed by atoms with van der Waals surface area (Å²) >= 11 is 5.94. The quantitative estimate of drug-likeness (QED) is 0.458. The third-order valence-corrected chi connectivity index (χ3v) is 7.78. The lowest BCUT2D eigenvalue weighted by Crippen LogP contribution is -2.46. The van der Waals surface area contributed by atoms with Crippen LogP contribution in [0.5, 0.6) is 5.75 Å². The van der Waals surface area contributed by atoms with Gasteiger partial charge < -0.3 is 9.94 Å². The summed E-state index contributed by atoms with van der Waals surface area (Å²) in [6, 6.07) is 3.94. The summed E-state index contributed by atoms with van der Waals surface area (Å²) in [5, 5.41) is 9.27. The van der Waals surface area contributed by atoms with Gasteiger partial charge in [-0.25, -0.2) is 28.2 Å². The normalized spacial score (nSPS) is 17.0. The number of rotatable bonds is 10. The van der Waals surface area contributed by atoms with E-state index in [1.54, 1.807) is 18.5 Å². The molecular formula is C21H26ClF3N4O4S. The molecule has 1 aliphatic heterocycles. The lowest BCUT2D eigenvalue weighted by atomic mass is 10.1. The minimum absolute atomic E-state index is 0.128. The van der Waals surface area contributed by atoms with E-state index in [0.717, 1.165) is 12.1 Å². The molecule has 1 aromatic carbocycles. The molecule has 3 rings (SSSR count). The largest absolute Gasteiger partial charge is 0.489 e. The van der Waals surface area contributed by atoms with E-state index in [4.69, 9.17) is 16.3 Å². The van der Waals surface area contributed by atoms with Crippen molar-refractivity contribution >= 4 is 21.6 Å². The van der Waals surface area contributed by atoms with E-state index < -0.39 is 27.8 Å². The zero-order valence-electron chi connectivity index (χ0n) is 18.2. The highest BCUT2D eigenvalue weighted by Crippen LogP contribution is 2.35. The van der Waals surface area contributed by atoms with Crippen molar-refractivity contribution in [2.45, 2.75) is 50.4 Å². The molecular weight excluding hydrogens is 497 g/mol. The number of sulfonamides is 1. The van der Waals surface area contributed by atoms with Crippen molar-refractivity contribution in [1.29, 1.82) is 0 Å². The van der Waals surface area contributed by atoms with E-state index in [0.29, 0.717) is 37.9 Å². The summed E-state index contributed by atoms with van der Waals surface area (Å²) < 4.78 is 71.1. The Hall–Kier alpha value is -1.99. The van der Waals surface area contributed by atoms with Gasteiger partial charge >= 0.3 is 6.18 Å². The summed E-state index contributed by atoms with van der Waals surface area (Å²) in [7, 11) is -3.64. The molecule has 0 radical (unpaired) electrons. The van der Waals surface area contributed by atoms with E-state index >= 15 is 0 Å². The van der Waals surface area contributed by atoms with E-state index in [1.807, 2.05) is 0 Å². The number of halogens is 4. The summed E-state index contributed by atoms with van der Waals surface area (Å²) in [4.78, 5) is 8.23. The summed E-state index contributed by atoms with van der Waals surface area (Å²) in [5.74, 6) is 0.509. The van der Waals surface area contributed by atoms with Gasteiger partial charge in [0.2, 0.25) is 10.0 Å². The van der Waals surface area contributed by atoms with Crippen molar-refractivity contribution in [2.75, 3.05) is 18.8 Å². The highest BCUT2D eigenvalue weighted by atomic mass is 35.5. The minimum atomic E-state index is -4.50. The first-order valence-corrected chi connectivity index (χ1v) is 12.7. The van der Waals surface area contributed by atoms with Crippen LogP contribution in [0.3, 0.4) is 0 Å². The average molecular weight is 523 g/mol. The Balaban J connectivity index is 1.48. The van der Waals surface area contributed by atoms with Crippen molar-refractivity contribution in [3.05, 3.63) is 53.1 Å². The molecule has 0 amide bonds. The summed E-state index contributed by atoms with van der Waals surface area (Å²) in [5.41, 5.74) is 1.21. The van der Waals surface area contributed by atoms with Crippen LogP contribution in [0.4, 0.5) is 13.2 Å². The van der Waals surface area contributed by atoms with Crippen LogP contribution in [0.2, 0.25) is 5.02 Å². The van der Waals surface area contributed by atoms with Gasteiger partial charge in [-0.3, -0.25) is 0 Å². The highest BCUT2D eigenvalue weighted by molar-refractivity contribution is 7.89. The maximum absolute atomic E-state index is 12.8. The molecule has 34 heavy (non-hydrogen) atoms. The van der Waals surface area contributed by atoms with Gasteiger partial charge in [0.25, 0.3) is 0 Å². The number of alkyl halides is 3. The molecule has 2 aromatic rings. The van der Waals surface area contributed by atoms with Crippen molar-refractivity contribution in [3.63, 3.8) is 0 Å². The van der Waals surface area contributed by atoms with Crippen LogP contribution in [0.15, 0.2) is 36.7 Å². The number of piperidine rings is 1. The first-order valence-electron chi connectivity index (χ1n) is 10.7. The summed E-state index contributed by atoms with van der Waals surface area (Å²) in [6.07, 6.45) is 0.686. The number of aromatic nitrogens is 2. The summed E-state index contributed by atoms with van der Waals surface area (Å²) in [6.45, 7) is 0.391. The molecule has 0 spiro atoms. The van der Waals surface area contributed by atoms with Gasteiger partial charge in [-0.05, 0) is 49.9 Å². The topological polar surface area (TPSA) is 105 Å². The van der Waals surface area contributed by atoms with Gasteiger partial charge in [0.1, 0.15) is 17.7 Å². The Kier molecular flexibility index (Phi) is 9.10. The van der Waals surface area contributed by atoms with E-state index in [1.165, 1.54) is 10.4 Å². The van der Waals surface area contributed by atoms with Gasteiger partial charge in [0, 0.05) is 37.9 Å². The second kappa shape index (κ2) is 11.6. The van der Waals surface area contributed by atoms with Gasteiger partial charge in [-0.15, -0.1) is 0 Å². The zero-order valence-corrected chi connectivity index (χ0v) is 19.8. The fraction of sp³-hybridized carbons (Fsp3) is 0.524. The van der Waals surface area contributed by atoms with Crippen LogP contribution in [0, 0.1) is 0 Å². The van der Waals surface area contributed by atoms with Crippen LogP contribution < -0.4 is 10.2 Å². The molecule has 0 aliphatic carbocycles. The van der Waals surface area contributed by atoms with E-state index in [9.17, 15) is 26.8 Å². The Labute approximate surface area is 201 Å². The zero-order chi connectivity index (χ0) is 24.8. The molecule has 0 bridgehead atoms. The van der Waals surface area contributed by atoms with E-state index in [2.05, 4.69) is 15.4 Å². The standard InChI is InChI=1S/C21H26ClF3N4O4S/c22-18-13-15(21(23,24)25)5-6-19(18)33-17-7-11-29(12-8-17)34(31,32)14-16(28-30)3-1-4-20-26-9-2-10-27-20/h2,5-6,9-10,13,16-17,28,30H,1,3-4,7-8,11-12,14H2. The molecule has 1 aliphatic rings. The fourth-order valence-electron chi connectivity index (χ4n) is 3.69. The van der Waals surface area contributed by atoms with Gasteiger partial charge in [-0.1, -0.05) is 11.6 Å². The molecule has 13 heteroatoms. The number of hydroxylamine groups is 1. The van der Waals surface area contributed by atoms with Crippen LogP contribution in [-0.2, 0) is 22.6 Å². The second-order valence-electron chi connectivity index (χ2n) is 8.02. The maximum atomic E-state index is 12.8. The Morgan fingerprint density at radius 2 is 1.91 bits per heavy atom. The number of benzene rings is 1. The van der Waals surface area contributed by atoms with Crippen molar-refractivity contribution in [1.82, 2.24) is 19.8 Å². The number of aryl methyl sites for hydroxylation is 1. The first kappa shape index (κ1) is 26.6. The Morgan fingerprint density at radius 3 is 2.50 bits per heavy atom. The van der Waals surface area contributed by atoms with Gasteiger partial charge in [0.15, 0.2) is 0 Å². The number of hydrogen-bond donors (Lipinski definition) is 2. The molecule has 1 atom stereocenters. The average Bonchev–Trinajstić information content (AvgIpc) is 2.80. The van der Waals surface area contributed by atoms with Crippen LogP contribution in [-0.4, -0.2) is 58.9 Å². The second-order valence-corrected chi connectivity index (χ2v) is 10.4. The Morgan fingerprint density at radius 1 is 1.24 bits per heavy atom. The SMILES string of the molecule is O=S(=O)(CC(CCCc1ncccn1)NO)N1CCC(Oc2ccc(C(F)(F)F)cc2Cl)CC1. The lowest BCUT2D eigenvalue weighted by molar-refractivity contribution is -0.137. The van der Waals surface area contributed by atoms with Crippen molar-refractivity contribution in [3.8, 4) is 5.75 Å².